The van der Waals surface area contributed by atoms with E-state index in [0.717, 1.165) is 42.8 Å². The first kappa shape index (κ1) is 16.4. The van der Waals surface area contributed by atoms with Gasteiger partial charge in [0.25, 0.3) is 0 Å². The Balaban J connectivity index is 1.53. The summed E-state index contributed by atoms with van der Waals surface area (Å²) in [7, 11) is 0. The lowest BCUT2D eigenvalue weighted by Crippen LogP contribution is -2.44. The van der Waals surface area contributed by atoms with Crippen molar-refractivity contribution in [3.05, 3.63) is 35.5 Å². The third kappa shape index (κ3) is 3.90. The molecule has 0 bridgehead atoms. The Labute approximate surface area is 141 Å². The summed E-state index contributed by atoms with van der Waals surface area (Å²) in [6.07, 6.45) is 7.90. The van der Waals surface area contributed by atoms with Crippen LogP contribution in [0.3, 0.4) is 0 Å². The number of aromatic amines is 1. The topological polar surface area (TPSA) is 84.0 Å². The Morgan fingerprint density at radius 2 is 2.29 bits per heavy atom. The maximum Gasteiger partial charge on any atom is 0.232 e. The second-order valence-electron chi connectivity index (χ2n) is 6.18. The number of ether oxygens (including phenoxy) is 1. The number of amides is 1. The molecule has 3 heterocycles. The summed E-state index contributed by atoms with van der Waals surface area (Å²) in [5, 5.41) is 7.15. The van der Waals surface area contributed by atoms with Gasteiger partial charge in [-0.25, -0.2) is 4.98 Å². The van der Waals surface area contributed by atoms with Crippen molar-refractivity contribution in [1.29, 1.82) is 0 Å². The Morgan fingerprint density at radius 1 is 1.42 bits per heavy atom. The highest BCUT2D eigenvalue weighted by molar-refractivity contribution is 5.76. The van der Waals surface area contributed by atoms with Gasteiger partial charge in [0, 0.05) is 31.1 Å². The number of likely N-dealkylation sites (tertiary alicyclic amines) is 1. The molecule has 0 aromatic carbocycles. The molecular weight excluding hydrogens is 306 g/mol. The van der Waals surface area contributed by atoms with Crippen molar-refractivity contribution in [3.63, 3.8) is 0 Å². The lowest BCUT2D eigenvalue weighted by Gasteiger charge is -2.32. The zero-order chi connectivity index (χ0) is 16.9. The summed E-state index contributed by atoms with van der Waals surface area (Å²) in [4.78, 5) is 22.6. The van der Waals surface area contributed by atoms with Crippen LogP contribution in [-0.4, -0.2) is 50.2 Å². The number of carbonyl (C=O) groups is 1. The maximum atomic E-state index is 12.5. The van der Waals surface area contributed by atoms with Crippen molar-refractivity contribution in [1.82, 2.24) is 25.1 Å². The fourth-order valence-corrected chi connectivity index (χ4v) is 3.11. The van der Waals surface area contributed by atoms with E-state index in [1.54, 1.807) is 18.6 Å². The van der Waals surface area contributed by atoms with Gasteiger partial charge in [0.2, 0.25) is 11.8 Å². The molecule has 0 aliphatic carbocycles. The third-order valence-electron chi connectivity index (χ3n) is 4.43. The molecule has 1 fully saturated rings. The van der Waals surface area contributed by atoms with Crippen LogP contribution in [0.25, 0.3) is 0 Å². The molecule has 24 heavy (non-hydrogen) atoms. The predicted molar refractivity (Wildman–Crippen MR) is 88.6 cm³/mol. The number of nitrogens with zero attached hydrogens (tertiary/aromatic N) is 4. The third-order valence-corrected chi connectivity index (χ3v) is 4.43. The molecule has 128 valence electrons. The first-order valence-electron chi connectivity index (χ1n) is 8.34. The van der Waals surface area contributed by atoms with E-state index in [1.165, 1.54) is 0 Å². The Morgan fingerprint density at radius 3 is 3.00 bits per heavy atom. The van der Waals surface area contributed by atoms with E-state index in [4.69, 9.17) is 4.74 Å². The molecule has 0 saturated carbocycles. The molecule has 7 nitrogen and oxygen atoms in total. The standard InChI is InChI=1S/C17H23N5O2/c1-12-15(13(2)21-20-12)5-6-17(23)22-9-3-4-14(11-22)24-16-10-18-7-8-19-16/h7-8,10,14H,3-6,9,11H2,1-2H3,(H,20,21)/t14-/m0/s1. The average Bonchev–Trinajstić information content (AvgIpc) is 2.92. The SMILES string of the molecule is Cc1n[nH]c(C)c1CCC(=O)N1CCC[C@H](Oc2cnccn2)C1. The van der Waals surface area contributed by atoms with Crippen LogP contribution in [0.4, 0.5) is 0 Å². The zero-order valence-electron chi connectivity index (χ0n) is 14.2. The summed E-state index contributed by atoms with van der Waals surface area (Å²) < 4.78 is 5.84. The van der Waals surface area contributed by atoms with Crippen molar-refractivity contribution in [2.75, 3.05) is 13.1 Å². The smallest absolute Gasteiger partial charge is 0.232 e. The molecule has 0 unspecified atom stereocenters. The van der Waals surface area contributed by atoms with Gasteiger partial charge in [0.1, 0.15) is 6.10 Å². The number of nitrogens with one attached hydrogen (secondary N) is 1. The molecule has 2 aromatic rings. The van der Waals surface area contributed by atoms with E-state index in [1.807, 2.05) is 18.7 Å². The predicted octanol–water partition coefficient (Wildman–Crippen LogP) is 1.82. The van der Waals surface area contributed by atoms with Crippen molar-refractivity contribution in [2.45, 2.75) is 45.6 Å². The Kier molecular flexibility index (Phi) is 5.08. The minimum atomic E-state index is -0.0169. The number of hydrogen-bond donors (Lipinski definition) is 1. The second-order valence-corrected chi connectivity index (χ2v) is 6.18. The van der Waals surface area contributed by atoms with E-state index in [9.17, 15) is 4.79 Å². The number of rotatable bonds is 5. The van der Waals surface area contributed by atoms with E-state index < -0.39 is 0 Å². The lowest BCUT2D eigenvalue weighted by molar-refractivity contribution is -0.133. The van der Waals surface area contributed by atoms with Crippen molar-refractivity contribution >= 4 is 5.91 Å². The van der Waals surface area contributed by atoms with Crippen molar-refractivity contribution in [3.8, 4) is 5.88 Å². The second kappa shape index (κ2) is 7.42. The van der Waals surface area contributed by atoms with Crippen LogP contribution in [0, 0.1) is 13.8 Å². The van der Waals surface area contributed by atoms with Gasteiger partial charge in [0.15, 0.2) is 0 Å². The monoisotopic (exact) mass is 329 g/mol. The van der Waals surface area contributed by atoms with Crippen LogP contribution in [0.15, 0.2) is 18.6 Å². The minimum Gasteiger partial charge on any atom is -0.471 e. The molecule has 2 aromatic heterocycles. The van der Waals surface area contributed by atoms with Gasteiger partial charge >= 0.3 is 0 Å². The summed E-state index contributed by atoms with van der Waals surface area (Å²) in [5.74, 6) is 0.684. The average molecular weight is 329 g/mol. The molecule has 1 N–H and O–H groups in total. The van der Waals surface area contributed by atoms with Gasteiger partial charge in [-0.3, -0.25) is 14.9 Å². The van der Waals surface area contributed by atoms with E-state index in [-0.39, 0.29) is 12.0 Å². The maximum absolute atomic E-state index is 12.5. The van der Waals surface area contributed by atoms with Crippen LogP contribution < -0.4 is 4.74 Å². The Bertz CT molecular complexity index is 666. The first-order valence-corrected chi connectivity index (χ1v) is 8.34. The number of aromatic nitrogens is 4. The number of hydrogen-bond acceptors (Lipinski definition) is 5. The van der Waals surface area contributed by atoms with Gasteiger partial charge in [-0.1, -0.05) is 0 Å². The molecule has 0 radical (unpaired) electrons. The van der Waals surface area contributed by atoms with E-state index in [2.05, 4.69) is 20.2 Å². The first-order chi connectivity index (χ1) is 11.6. The molecule has 1 aliphatic rings. The van der Waals surface area contributed by atoms with Gasteiger partial charge < -0.3 is 9.64 Å². The molecule has 7 heteroatoms. The minimum absolute atomic E-state index is 0.0169. The lowest BCUT2D eigenvalue weighted by atomic mass is 10.0. The summed E-state index contributed by atoms with van der Waals surface area (Å²) in [6, 6.07) is 0. The van der Waals surface area contributed by atoms with E-state index in [0.29, 0.717) is 18.8 Å². The van der Waals surface area contributed by atoms with Crippen molar-refractivity contribution < 1.29 is 9.53 Å². The van der Waals surface area contributed by atoms with Gasteiger partial charge in [-0.15, -0.1) is 0 Å². The van der Waals surface area contributed by atoms with Crippen LogP contribution in [-0.2, 0) is 11.2 Å². The summed E-state index contributed by atoms with van der Waals surface area (Å²) >= 11 is 0. The normalized spacial score (nSPS) is 17.8. The fourth-order valence-electron chi connectivity index (χ4n) is 3.11. The number of piperidine rings is 1. The number of carbonyl (C=O) groups excluding carboxylic acids is 1. The highest BCUT2D eigenvalue weighted by Gasteiger charge is 2.25. The van der Waals surface area contributed by atoms with E-state index >= 15 is 0 Å². The molecular formula is C17H23N5O2. The highest BCUT2D eigenvalue weighted by atomic mass is 16.5. The van der Waals surface area contributed by atoms with Crippen LogP contribution in [0.1, 0.15) is 36.2 Å². The van der Waals surface area contributed by atoms with Gasteiger partial charge in [0.05, 0.1) is 18.4 Å². The largest absolute Gasteiger partial charge is 0.471 e. The summed E-state index contributed by atoms with van der Waals surface area (Å²) in [6.45, 7) is 5.36. The molecule has 1 saturated heterocycles. The highest BCUT2D eigenvalue weighted by Crippen LogP contribution is 2.18. The molecule has 3 rings (SSSR count). The molecule has 1 amide bonds. The van der Waals surface area contributed by atoms with Gasteiger partial charge in [-0.2, -0.15) is 5.10 Å². The van der Waals surface area contributed by atoms with Crippen LogP contribution in [0.5, 0.6) is 5.88 Å². The van der Waals surface area contributed by atoms with Crippen LogP contribution in [0.2, 0.25) is 0 Å². The molecule has 1 aliphatic heterocycles. The Hall–Kier alpha value is -2.44. The van der Waals surface area contributed by atoms with Crippen molar-refractivity contribution in [2.24, 2.45) is 0 Å². The summed E-state index contributed by atoms with van der Waals surface area (Å²) in [5.41, 5.74) is 3.17. The number of aryl methyl sites for hydroxylation is 2. The van der Waals surface area contributed by atoms with Gasteiger partial charge in [-0.05, 0) is 38.7 Å². The van der Waals surface area contributed by atoms with Crippen LogP contribution >= 0.6 is 0 Å². The fraction of sp³-hybridized carbons (Fsp3) is 0.529. The molecule has 0 spiro atoms. The number of H-pyrrole nitrogens is 1. The quantitative estimate of drug-likeness (QED) is 0.904. The molecule has 1 atom stereocenters. The zero-order valence-corrected chi connectivity index (χ0v) is 14.2.